The first kappa shape index (κ1) is 14.0. The van der Waals surface area contributed by atoms with Gasteiger partial charge in [0, 0.05) is 24.2 Å². The van der Waals surface area contributed by atoms with E-state index in [2.05, 4.69) is 17.3 Å². The van der Waals surface area contributed by atoms with E-state index in [9.17, 15) is 4.79 Å². The second-order valence-electron chi connectivity index (χ2n) is 6.04. The Morgan fingerprint density at radius 3 is 2.09 bits per heavy atom. The average Bonchev–Trinajstić information content (AvgIpc) is 3.39. The number of fused-ring (bicyclic) bond motifs is 3. The molecule has 4 rings (SSSR count). The standard InChI is InChI=1S/C19H18N2O2/c1-21(13-10-11-13)18(22)12-23-20-19-16-8-4-2-6-14(16)15-7-3-5-9-17(15)19/h2-9,13H,10-12H2,1H3. The number of benzene rings is 2. The summed E-state index contributed by atoms with van der Waals surface area (Å²) in [7, 11) is 1.83. The van der Waals surface area contributed by atoms with Crippen LogP contribution in [0.4, 0.5) is 0 Å². The van der Waals surface area contributed by atoms with Gasteiger partial charge in [0.15, 0.2) is 6.61 Å². The molecule has 4 nitrogen and oxygen atoms in total. The fourth-order valence-corrected chi connectivity index (χ4v) is 3.01. The number of carbonyl (C=O) groups excluding carboxylic acids is 1. The van der Waals surface area contributed by atoms with Crippen LogP contribution >= 0.6 is 0 Å². The van der Waals surface area contributed by atoms with Gasteiger partial charge in [-0.1, -0.05) is 53.7 Å². The molecule has 0 saturated heterocycles. The van der Waals surface area contributed by atoms with Gasteiger partial charge in [-0.05, 0) is 24.0 Å². The highest BCUT2D eigenvalue weighted by Gasteiger charge is 2.30. The molecule has 0 radical (unpaired) electrons. The molecule has 0 heterocycles. The summed E-state index contributed by atoms with van der Waals surface area (Å²) in [6, 6.07) is 16.7. The lowest BCUT2D eigenvalue weighted by Crippen LogP contribution is -2.31. The first-order chi connectivity index (χ1) is 11.3. The van der Waals surface area contributed by atoms with Gasteiger partial charge in [0.25, 0.3) is 5.91 Å². The maximum absolute atomic E-state index is 12.0. The Bertz CT molecular complexity index is 746. The summed E-state index contributed by atoms with van der Waals surface area (Å²) in [5, 5.41) is 4.28. The number of oxime groups is 1. The fourth-order valence-electron chi connectivity index (χ4n) is 3.01. The molecule has 0 aliphatic heterocycles. The maximum Gasteiger partial charge on any atom is 0.263 e. The van der Waals surface area contributed by atoms with Crippen LogP contribution in [0.15, 0.2) is 53.7 Å². The summed E-state index contributed by atoms with van der Waals surface area (Å²) in [6.07, 6.45) is 2.19. The van der Waals surface area contributed by atoms with Crippen LogP contribution < -0.4 is 0 Å². The minimum Gasteiger partial charge on any atom is -0.385 e. The van der Waals surface area contributed by atoms with Crippen molar-refractivity contribution in [3.8, 4) is 11.1 Å². The van der Waals surface area contributed by atoms with E-state index >= 15 is 0 Å². The van der Waals surface area contributed by atoms with Gasteiger partial charge in [0.05, 0.1) is 0 Å². The van der Waals surface area contributed by atoms with Crippen LogP contribution in [0.2, 0.25) is 0 Å². The molecular formula is C19H18N2O2. The molecule has 0 bridgehead atoms. The van der Waals surface area contributed by atoms with Crippen molar-refractivity contribution in [1.29, 1.82) is 0 Å². The van der Waals surface area contributed by atoms with E-state index in [1.165, 1.54) is 0 Å². The SMILES string of the molecule is CN(C(=O)CON=C1c2ccccc2-c2ccccc21)C1CC1. The van der Waals surface area contributed by atoms with Crippen molar-refractivity contribution < 1.29 is 9.63 Å². The average molecular weight is 306 g/mol. The highest BCUT2D eigenvalue weighted by Crippen LogP contribution is 2.36. The van der Waals surface area contributed by atoms with Gasteiger partial charge in [-0.3, -0.25) is 4.79 Å². The number of hydrogen-bond acceptors (Lipinski definition) is 3. The van der Waals surface area contributed by atoms with E-state index in [-0.39, 0.29) is 12.5 Å². The number of nitrogens with zero attached hydrogens (tertiary/aromatic N) is 2. The van der Waals surface area contributed by atoms with Gasteiger partial charge < -0.3 is 9.74 Å². The zero-order valence-corrected chi connectivity index (χ0v) is 13.0. The van der Waals surface area contributed by atoms with Gasteiger partial charge in [-0.25, -0.2) is 0 Å². The summed E-state index contributed by atoms with van der Waals surface area (Å²) in [5.74, 6) is -0.0172. The minimum atomic E-state index is -0.0172. The van der Waals surface area contributed by atoms with Crippen LogP contribution in [0, 0.1) is 0 Å². The van der Waals surface area contributed by atoms with Crippen LogP contribution in [-0.2, 0) is 9.63 Å². The van der Waals surface area contributed by atoms with Crippen molar-refractivity contribution in [1.82, 2.24) is 4.90 Å². The Labute approximate surface area is 135 Å². The van der Waals surface area contributed by atoms with E-state index in [0.717, 1.165) is 40.8 Å². The largest absolute Gasteiger partial charge is 0.385 e. The van der Waals surface area contributed by atoms with Crippen molar-refractivity contribution in [3.05, 3.63) is 59.7 Å². The van der Waals surface area contributed by atoms with Gasteiger partial charge >= 0.3 is 0 Å². The second kappa shape index (κ2) is 5.54. The highest BCUT2D eigenvalue weighted by atomic mass is 16.6. The predicted molar refractivity (Wildman–Crippen MR) is 89.3 cm³/mol. The molecular weight excluding hydrogens is 288 g/mol. The Morgan fingerprint density at radius 2 is 1.57 bits per heavy atom. The lowest BCUT2D eigenvalue weighted by molar-refractivity contribution is -0.135. The van der Waals surface area contributed by atoms with Crippen LogP contribution in [0.1, 0.15) is 24.0 Å². The quantitative estimate of drug-likeness (QED) is 0.695. The molecule has 2 aliphatic rings. The van der Waals surface area contributed by atoms with E-state index in [4.69, 9.17) is 4.84 Å². The monoisotopic (exact) mass is 306 g/mol. The van der Waals surface area contributed by atoms with Gasteiger partial charge in [-0.2, -0.15) is 0 Å². The van der Waals surface area contributed by atoms with Crippen LogP contribution in [-0.4, -0.2) is 36.2 Å². The normalized spacial score (nSPS) is 14.9. The molecule has 1 saturated carbocycles. The maximum atomic E-state index is 12.0. The number of likely N-dealkylation sites (N-methyl/N-ethyl adjacent to an activating group) is 1. The molecule has 2 aliphatic carbocycles. The van der Waals surface area contributed by atoms with Crippen LogP contribution in [0.25, 0.3) is 11.1 Å². The van der Waals surface area contributed by atoms with E-state index in [1.54, 1.807) is 4.90 Å². The molecule has 2 aromatic carbocycles. The molecule has 0 atom stereocenters. The predicted octanol–water partition coefficient (Wildman–Crippen LogP) is 3.06. The summed E-state index contributed by atoms with van der Waals surface area (Å²) in [6.45, 7) is -0.0131. The van der Waals surface area contributed by atoms with Gasteiger partial charge in [0.1, 0.15) is 5.71 Å². The lowest BCUT2D eigenvalue weighted by atomic mass is 10.1. The smallest absolute Gasteiger partial charge is 0.263 e. The minimum absolute atomic E-state index is 0.0131. The molecule has 23 heavy (non-hydrogen) atoms. The highest BCUT2D eigenvalue weighted by molar-refractivity contribution is 6.24. The molecule has 116 valence electrons. The Morgan fingerprint density at radius 1 is 1.04 bits per heavy atom. The Kier molecular flexibility index (Phi) is 3.37. The zero-order valence-electron chi connectivity index (χ0n) is 13.0. The van der Waals surface area contributed by atoms with E-state index in [0.29, 0.717) is 6.04 Å². The summed E-state index contributed by atoms with van der Waals surface area (Å²) >= 11 is 0. The second-order valence-corrected chi connectivity index (χ2v) is 6.04. The van der Waals surface area contributed by atoms with Gasteiger partial charge in [-0.15, -0.1) is 0 Å². The first-order valence-electron chi connectivity index (χ1n) is 7.90. The third-order valence-electron chi connectivity index (χ3n) is 4.49. The Balaban J connectivity index is 1.57. The van der Waals surface area contributed by atoms with Gasteiger partial charge in [0.2, 0.25) is 0 Å². The van der Waals surface area contributed by atoms with Crippen LogP contribution in [0.5, 0.6) is 0 Å². The molecule has 1 fully saturated rings. The molecule has 1 amide bonds. The third kappa shape index (κ3) is 2.50. The molecule has 0 aromatic heterocycles. The number of amides is 1. The lowest BCUT2D eigenvalue weighted by Gasteiger charge is -2.15. The zero-order chi connectivity index (χ0) is 15.8. The van der Waals surface area contributed by atoms with Crippen LogP contribution in [0.3, 0.4) is 0 Å². The summed E-state index contributed by atoms with van der Waals surface area (Å²) in [4.78, 5) is 19.2. The number of rotatable bonds is 4. The Hall–Kier alpha value is -2.62. The fraction of sp³-hybridized carbons (Fsp3) is 0.263. The summed E-state index contributed by atoms with van der Waals surface area (Å²) < 4.78 is 0. The van der Waals surface area contributed by atoms with Crippen molar-refractivity contribution in [2.45, 2.75) is 18.9 Å². The number of carbonyl (C=O) groups is 1. The molecule has 0 N–H and O–H groups in total. The third-order valence-corrected chi connectivity index (χ3v) is 4.49. The van der Waals surface area contributed by atoms with E-state index in [1.807, 2.05) is 43.4 Å². The number of hydrogen-bond donors (Lipinski definition) is 0. The molecule has 0 unspecified atom stereocenters. The van der Waals surface area contributed by atoms with Crippen molar-refractivity contribution >= 4 is 11.6 Å². The molecule has 2 aromatic rings. The molecule has 0 spiro atoms. The van der Waals surface area contributed by atoms with Crippen molar-refractivity contribution in [2.75, 3.05) is 13.7 Å². The van der Waals surface area contributed by atoms with Crippen molar-refractivity contribution in [2.24, 2.45) is 5.16 Å². The first-order valence-corrected chi connectivity index (χ1v) is 7.90. The topological polar surface area (TPSA) is 41.9 Å². The van der Waals surface area contributed by atoms with E-state index < -0.39 is 0 Å². The molecule has 4 heteroatoms. The van der Waals surface area contributed by atoms with Crippen molar-refractivity contribution in [3.63, 3.8) is 0 Å². The summed E-state index contributed by atoms with van der Waals surface area (Å²) in [5.41, 5.74) is 5.23.